The zero-order chi connectivity index (χ0) is 8.72. The standard InChI is InChI=1S/C9H9NOS/c1-5-6(2)10-7-3-4-12-9(7)8(5)11/h3-4H,1-2H3,(H,10,11). The maximum absolute atomic E-state index is 11.6. The highest BCUT2D eigenvalue weighted by molar-refractivity contribution is 7.17. The molecule has 2 nitrogen and oxygen atoms in total. The normalized spacial score (nSPS) is 10.8. The lowest BCUT2D eigenvalue weighted by atomic mass is 10.2. The number of fused-ring (bicyclic) bond motifs is 1. The van der Waals surface area contributed by atoms with Crippen LogP contribution in [0.4, 0.5) is 0 Å². The van der Waals surface area contributed by atoms with E-state index in [1.807, 2.05) is 25.3 Å². The van der Waals surface area contributed by atoms with Gasteiger partial charge in [0.25, 0.3) is 0 Å². The van der Waals surface area contributed by atoms with Crippen molar-refractivity contribution < 1.29 is 0 Å². The minimum absolute atomic E-state index is 0.163. The summed E-state index contributed by atoms with van der Waals surface area (Å²) < 4.78 is 0.832. The van der Waals surface area contributed by atoms with Crippen LogP contribution in [0.25, 0.3) is 10.2 Å². The van der Waals surface area contributed by atoms with Gasteiger partial charge in [0, 0.05) is 11.3 Å². The van der Waals surface area contributed by atoms with E-state index in [1.54, 1.807) is 0 Å². The lowest BCUT2D eigenvalue weighted by molar-refractivity contribution is 1.18. The van der Waals surface area contributed by atoms with Gasteiger partial charge in [0.2, 0.25) is 5.43 Å². The first-order valence-corrected chi connectivity index (χ1v) is 4.65. The Labute approximate surface area is 73.9 Å². The smallest absolute Gasteiger partial charge is 0.202 e. The van der Waals surface area contributed by atoms with Crippen molar-refractivity contribution in [1.29, 1.82) is 0 Å². The third kappa shape index (κ3) is 0.898. The monoisotopic (exact) mass is 179 g/mol. The highest BCUT2D eigenvalue weighted by atomic mass is 32.1. The quantitative estimate of drug-likeness (QED) is 0.660. The molecule has 0 aliphatic heterocycles. The number of aromatic nitrogens is 1. The molecule has 0 aliphatic carbocycles. The number of hydrogen-bond donors (Lipinski definition) is 1. The first-order valence-electron chi connectivity index (χ1n) is 3.77. The van der Waals surface area contributed by atoms with E-state index < -0.39 is 0 Å². The molecule has 1 N–H and O–H groups in total. The van der Waals surface area contributed by atoms with Crippen molar-refractivity contribution in [3.05, 3.63) is 32.9 Å². The van der Waals surface area contributed by atoms with Gasteiger partial charge in [-0.15, -0.1) is 11.3 Å². The largest absolute Gasteiger partial charge is 0.358 e. The number of nitrogens with one attached hydrogen (secondary N) is 1. The topological polar surface area (TPSA) is 32.9 Å². The fourth-order valence-corrected chi connectivity index (χ4v) is 2.07. The van der Waals surface area contributed by atoms with Gasteiger partial charge in [0.1, 0.15) is 0 Å². The van der Waals surface area contributed by atoms with E-state index in [9.17, 15) is 4.79 Å². The van der Waals surface area contributed by atoms with Gasteiger partial charge in [-0.05, 0) is 25.3 Å². The van der Waals surface area contributed by atoms with Crippen LogP contribution < -0.4 is 5.43 Å². The second-order valence-electron chi connectivity index (χ2n) is 2.87. The van der Waals surface area contributed by atoms with E-state index >= 15 is 0 Å². The molecule has 0 saturated carbocycles. The summed E-state index contributed by atoms with van der Waals surface area (Å²) in [6.45, 7) is 3.78. The number of hydrogen-bond acceptors (Lipinski definition) is 2. The van der Waals surface area contributed by atoms with Gasteiger partial charge in [-0.2, -0.15) is 0 Å². The predicted octanol–water partition coefficient (Wildman–Crippen LogP) is 2.21. The van der Waals surface area contributed by atoms with Gasteiger partial charge < -0.3 is 4.98 Å². The van der Waals surface area contributed by atoms with Gasteiger partial charge in [-0.25, -0.2) is 0 Å². The number of H-pyrrole nitrogens is 1. The summed E-state index contributed by atoms with van der Waals surface area (Å²) in [7, 11) is 0. The number of rotatable bonds is 0. The summed E-state index contributed by atoms with van der Waals surface area (Å²) in [5.74, 6) is 0. The van der Waals surface area contributed by atoms with Gasteiger partial charge >= 0.3 is 0 Å². The molecule has 2 aromatic heterocycles. The van der Waals surface area contributed by atoms with Crippen LogP contribution in [-0.2, 0) is 0 Å². The van der Waals surface area contributed by atoms with Gasteiger partial charge in [0.05, 0.1) is 10.2 Å². The summed E-state index contributed by atoms with van der Waals surface area (Å²) in [6, 6.07) is 1.94. The minimum atomic E-state index is 0.163. The SMILES string of the molecule is Cc1[nH]c2ccsc2c(=O)c1C. The van der Waals surface area contributed by atoms with Crippen molar-refractivity contribution >= 4 is 21.6 Å². The number of aromatic amines is 1. The molecule has 0 unspecified atom stereocenters. The minimum Gasteiger partial charge on any atom is -0.358 e. The van der Waals surface area contributed by atoms with Crippen LogP contribution in [0, 0.1) is 13.8 Å². The lowest BCUT2D eigenvalue weighted by Gasteiger charge is -1.98. The fraction of sp³-hybridized carbons (Fsp3) is 0.222. The molecule has 2 heterocycles. The molecule has 0 amide bonds. The number of aryl methyl sites for hydroxylation is 1. The molecule has 0 aliphatic rings. The lowest BCUT2D eigenvalue weighted by Crippen LogP contribution is -2.07. The first kappa shape index (κ1) is 7.55. The Bertz CT molecular complexity index is 481. The van der Waals surface area contributed by atoms with E-state index in [0.29, 0.717) is 0 Å². The highest BCUT2D eigenvalue weighted by Gasteiger charge is 2.04. The van der Waals surface area contributed by atoms with Gasteiger partial charge in [0.15, 0.2) is 0 Å². The van der Waals surface area contributed by atoms with Crippen LogP contribution in [-0.4, -0.2) is 4.98 Å². The van der Waals surface area contributed by atoms with Crippen molar-refractivity contribution in [2.45, 2.75) is 13.8 Å². The molecule has 3 heteroatoms. The molecular formula is C9H9NOS. The van der Waals surface area contributed by atoms with E-state index in [4.69, 9.17) is 0 Å². The van der Waals surface area contributed by atoms with Crippen molar-refractivity contribution in [3.63, 3.8) is 0 Å². The summed E-state index contributed by atoms with van der Waals surface area (Å²) in [6.07, 6.45) is 0. The van der Waals surface area contributed by atoms with Crippen molar-refractivity contribution in [1.82, 2.24) is 4.98 Å². The van der Waals surface area contributed by atoms with Gasteiger partial charge in [-0.1, -0.05) is 0 Å². The first-order chi connectivity index (χ1) is 5.70. The molecule has 0 fully saturated rings. The summed E-state index contributed by atoms with van der Waals surface area (Å²) in [4.78, 5) is 14.8. The average Bonchev–Trinajstić information content (AvgIpc) is 2.48. The third-order valence-corrected chi connectivity index (χ3v) is 3.01. The second kappa shape index (κ2) is 2.45. The Kier molecular flexibility index (Phi) is 1.54. The van der Waals surface area contributed by atoms with Crippen LogP contribution >= 0.6 is 11.3 Å². The molecule has 0 saturated heterocycles. The second-order valence-corrected chi connectivity index (χ2v) is 3.78. The van der Waals surface area contributed by atoms with E-state index in [1.165, 1.54) is 11.3 Å². The molecule has 0 bridgehead atoms. The van der Waals surface area contributed by atoms with E-state index in [2.05, 4.69) is 4.98 Å². The van der Waals surface area contributed by atoms with Crippen molar-refractivity contribution in [2.24, 2.45) is 0 Å². The van der Waals surface area contributed by atoms with Crippen LogP contribution in [0.15, 0.2) is 16.2 Å². The predicted molar refractivity (Wildman–Crippen MR) is 51.9 cm³/mol. The third-order valence-electron chi connectivity index (χ3n) is 2.10. The molecule has 0 aromatic carbocycles. The molecule has 2 aromatic rings. The Morgan fingerprint density at radius 3 is 2.92 bits per heavy atom. The van der Waals surface area contributed by atoms with E-state index in [-0.39, 0.29) is 5.43 Å². The van der Waals surface area contributed by atoms with Crippen LogP contribution in [0.1, 0.15) is 11.3 Å². The molecule has 0 radical (unpaired) electrons. The molecule has 62 valence electrons. The zero-order valence-electron chi connectivity index (χ0n) is 6.97. The van der Waals surface area contributed by atoms with Crippen LogP contribution in [0.2, 0.25) is 0 Å². The number of pyridine rings is 1. The Morgan fingerprint density at radius 1 is 1.42 bits per heavy atom. The van der Waals surface area contributed by atoms with Crippen molar-refractivity contribution in [2.75, 3.05) is 0 Å². The Hall–Kier alpha value is -1.09. The van der Waals surface area contributed by atoms with Crippen LogP contribution in [0.5, 0.6) is 0 Å². The summed E-state index contributed by atoms with van der Waals surface area (Å²) in [5.41, 5.74) is 2.90. The van der Waals surface area contributed by atoms with Gasteiger partial charge in [-0.3, -0.25) is 4.79 Å². The average molecular weight is 179 g/mol. The maximum atomic E-state index is 11.6. The molecule has 12 heavy (non-hydrogen) atoms. The maximum Gasteiger partial charge on any atom is 0.202 e. The summed E-state index contributed by atoms with van der Waals surface area (Å²) >= 11 is 1.49. The van der Waals surface area contributed by atoms with E-state index in [0.717, 1.165) is 21.5 Å². The molecule has 2 rings (SSSR count). The zero-order valence-corrected chi connectivity index (χ0v) is 7.79. The molecule has 0 spiro atoms. The molecular weight excluding hydrogens is 170 g/mol. The Balaban J connectivity index is 3.05. The highest BCUT2D eigenvalue weighted by Crippen LogP contribution is 2.16. The van der Waals surface area contributed by atoms with Crippen LogP contribution in [0.3, 0.4) is 0 Å². The Morgan fingerprint density at radius 2 is 2.17 bits per heavy atom. The van der Waals surface area contributed by atoms with Crippen molar-refractivity contribution in [3.8, 4) is 0 Å². The number of thiophene rings is 1. The summed E-state index contributed by atoms with van der Waals surface area (Å²) in [5, 5.41) is 1.93. The fourth-order valence-electron chi connectivity index (χ4n) is 1.22. The molecule has 0 atom stereocenters.